The van der Waals surface area contributed by atoms with Crippen LogP contribution in [0.5, 0.6) is 0 Å². The molecule has 8 rings (SSSR count). The number of carbonyl (C=O) groups excluding carboxylic acids is 2. The zero-order chi connectivity index (χ0) is 47.3. The summed E-state index contributed by atoms with van der Waals surface area (Å²) in [6, 6.07) is 0. The minimum absolute atomic E-state index is 0.0753. The van der Waals surface area contributed by atoms with Crippen LogP contribution in [0.4, 0.5) is 0 Å². The van der Waals surface area contributed by atoms with Crippen LogP contribution in [0.3, 0.4) is 0 Å². The average molecular weight is 925 g/mol. The second kappa shape index (κ2) is 20.5. The van der Waals surface area contributed by atoms with Crippen LogP contribution in [0.15, 0.2) is 0 Å². The lowest BCUT2D eigenvalue weighted by Gasteiger charge is -2.63. The number of rotatable bonds is 18. The van der Waals surface area contributed by atoms with E-state index < -0.39 is 12.2 Å². The summed E-state index contributed by atoms with van der Waals surface area (Å²) in [5.74, 6) is 4.12. The van der Waals surface area contributed by atoms with E-state index in [0.29, 0.717) is 90.8 Å². The normalized spacial score (nSPS) is 48.2. The van der Waals surface area contributed by atoms with Gasteiger partial charge in [0.1, 0.15) is 5.78 Å². The monoisotopic (exact) mass is 925 g/mol. The smallest absolute Gasteiger partial charge is 0.220 e. The van der Waals surface area contributed by atoms with Crippen molar-refractivity contribution >= 4 is 11.7 Å². The lowest BCUT2D eigenvalue weighted by atomic mass is 9.43. The molecule has 8 aliphatic rings. The molecule has 12 unspecified atom stereocenters. The summed E-state index contributed by atoms with van der Waals surface area (Å²) in [6.45, 7) is 16.3. The number of nitrogens with one attached hydrogen (secondary N) is 2. The van der Waals surface area contributed by atoms with E-state index >= 15 is 0 Å². The first-order chi connectivity index (χ1) is 31.3. The molecule has 8 aliphatic carbocycles. The van der Waals surface area contributed by atoms with Gasteiger partial charge in [-0.25, -0.2) is 0 Å². The number of Topliss-reactive ketones (excluding diaryl/α,β-unsaturated/α-hetero) is 1. The van der Waals surface area contributed by atoms with Crippen molar-refractivity contribution in [2.45, 2.75) is 226 Å². The van der Waals surface area contributed by atoms with E-state index in [0.717, 1.165) is 142 Å². The molecule has 22 atom stereocenters. The number of aliphatic hydroxyl groups is 6. The molecule has 66 heavy (non-hydrogen) atoms. The molecule has 0 aromatic carbocycles. The van der Waals surface area contributed by atoms with Crippen LogP contribution in [0.25, 0.3) is 0 Å². The van der Waals surface area contributed by atoms with Crippen LogP contribution in [0, 0.1) is 92.7 Å². The Morgan fingerprint density at radius 1 is 0.530 bits per heavy atom. The highest BCUT2D eigenvalue weighted by atomic mass is 16.3. The van der Waals surface area contributed by atoms with E-state index in [1.54, 1.807) is 0 Å². The first kappa shape index (κ1) is 51.2. The number of fused-ring (bicyclic) bond motifs is 10. The van der Waals surface area contributed by atoms with E-state index in [1.807, 2.05) is 0 Å². The molecular weight excluding hydrogens is 829 g/mol. The van der Waals surface area contributed by atoms with Crippen molar-refractivity contribution in [3.63, 3.8) is 0 Å². The molecule has 0 spiro atoms. The van der Waals surface area contributed by atoms with Crippen molar-refractivity contribution in [2.75, 3.05) is 19.6 Å². The Hall–Kier alpha value is -1.14. The summed E-state index contributed by atoms with van der Waals surface area (Å²) in [7, 11) is 0. The van der Waals surface area contributed by atoms with Crippen molar-refractivity contribution in [1.29, 1.82) is 0 Å². The molecule has 0 aromatic heterocycles. The van der Waals surface area contributed by atoms with Gasteiger partial charge in [-0.05, 0) is 228 Å². The fourth-order valence-electron chi connectivity index (χ4n) is 18.9. The number of aliphatic hydroxyl groups excluding tert-OH is 6. The summed E-state index contributed by atoms with van der Waals surface area (Å²) < 4.78 is 0. The number of hydrogen-bond donors (Lipinski definition) is 8. The summed E-state index contributed by atoms with van der Waals surface area (Å²) in [5.41, 5.74) is -0.311. The predicted molar refractivity (Wildman–Crippen MR) is 259 cm³/mol. The molecule has 0 heterocycles. The molecule has 8 fully saturated rings. The average Bonchev–Trinajstić information content (AvgIpc) is 3.83. The first-order valence-electron chi connectivity index (χ1n) is 27.9. The molecule has 0 bridgehead atoms. The van der Waals surface area contributed by atoms with Crippen molar-refractivity contribution in [3.05, 3.63) is 0 Å². The summed E-state index contributed by atoms with van der Waals surface area (Å²) in [4.78, 5) is 26.0. The van der Waals surface area contributed by atoms with Crippen molar-refractivity contribution in [3.8, 4) is 0 Å². The van der Waals surface area contributed by atoms with Crippen LogP contribution in [-0.4, -0.2) is 98.6 Å². The molecule has 8 saturated carbocycles. The Morgan fingerprint density at radius 3 is 1.53 bits per heavy atom. The molecule has 1 amide bonds. The Morgan fingerprint density at radius 2 is 1.02 bits per heavy atom. The minimum atomic E-state index is -0.403. The van der Waals surface area contributed by atoms with Crippen molar-refractivity contribution < 1.29 is 40.2 Å². The number of carbonyl (C=O) groups is 2. The standard InChI is InChI=1S/C56H96N2O8/c1-33(40-15-17-42-51-44(31-48(64)55(40,42)5)53(3)22-20-38(60)27-35(53)29-46(51)62)12-14-37(59)11-8-7-9-24-57-25-10-26-58-50(66)19-13-34(2)41-16-18-43-52-45(32-49(65)56(41,43)6)54(4)23-21-39(61)28-36(54)30-47(52)63/h33-36,38-49,51-52,57,60-65H,7-32H2,1-6H3,(H,58,66)/t33?,34?,35-,36+,38+,39-,40?,41?,42-,43+,44?,45?,46-,47+,48?,49?,51-,52-,53?,54?,55?,56?/m0/s1. The Kier molecular flexibility index (Phi) is 15.9. The largest absolute Gasteiger partial charge is 0.393 e. The number of ketones is 1. The lowest BCUT2D eigenvalue weighted by molar-refractivity contribution is -0.207. The third kappa shape index (κ3) is 9.41. The molecule has 0 saturated heterocycles. The van der Waals surface area contributed by atoms with E-state index in [9.17, 15) is 40.2 Å². The number of hydrogen-bond acceptors (Lipinski definition) is 9. The van der Waals surface area contributed by atoms with Crippen molar-refractivity contribution in [2.24, 2.45) is 92.7 Å². The number of amides is 1. The zero-order valence-corrected chi connectivity index (χ0v) is 42.3. The lowest BCUT2D eigenvalue weighted by Crippen LogP contribution is -2.62. The van der Waals surface area contributed by atoms with Gasteiger partial charge >= 0.3 is 0 Å². The van der Waals surface area contributed by atoms with E-state index in [4.69, 9.17) is 0 Å². The molecule has 378 valence electrons. The molecule has 0 aromatic rings. The molecule has 10 heteroatoms. The van der Waals surface area contributed by atoms with Gasteiger partial charge in [0.15, 0.2) is 0 Å². The highest BCUT2D eigenvalue weighted by molar-refractivity contribution is 5.78. The topological polar surface area (TPSA) is 180 Å². The van der Waals surface area contributed by atoms with Crippen LogP contribution in [-0.2, 0) is 9.59 Å². The molecule has 10 nitrogen and oxygen atoms in total. The van der Waals surface area contributed by atoms with Gasteiger partial charge in [-0.3, -0.25) is 9.59 Å². The van der Waals surface area contributed by atoms with Gasteiger partial charge in [-0.1, -0.05) is 48.0 Å². The minimum Gasteiger partial charge on any atom is -0.393 e. The maximum Gasteiger partial charge on any atom is 0.220 e. The van der Waals surface area contributed by atoms with Crippen LogP contribution in [0.1, 0.15) is 189 Å². The summed E-state index contributed by atoms with van der Waals surface area (Å²) in [5, 5.41) is 74.5. The third-order valence-electron chi connectivity index (χ3n) is 22.9. The summed E-state index contributed by atoms with van der Waals surface area (Å²) in [6.07, 6.45) is 17.7. The molecule has 8 N–H and O–H groups in total. The first-order valence-corrected chi connectivity index (χ1v) is 27.9. The van der Waals surface area contributed by atoms with Gasteiger partial charge in [0.25, 0.3) is 0 Å². The summed E-state index contributed by atoms with van der Waals surface area (Å²) >= 11 is 0. The quantitative estimate of drug-likeness (QED) is 0.0634. The fourth-order valence-corrected chi connectivity index (χ4v) is 18.9. The SMILES string of the molecule is CC(CCC(=O)NCCCNCCCCCC(=O)CCC(C)C1CC[C@H]2[C@H]3C(CC(O)C12C)C1(C)CC[C@@H](O)C[C@H]1C[C@@H]3O)C1CC[C@@H]2[C@H]3C(CC(O)C12C)C1(C)CC[C@H](O)C[C@@H]1C[C@H]3O. The van der Waals surface area contributed by atoms with Crippen LogP contribution < -0.4 is 10.6 Å². The molecular formula is C56H96N2O8. The highest BCUT2D eigenvalue weighted by Gasteiger charge is 2.67. The molecule has 0 aliphatic heterocycles. The van der Waals surface area contributed by atoms with E-state index in [1.165, 1.54) is 0 Å². The fraction of sp³-hybridized carbons (Fsp3) is 0.964. The Bertz CT molecular complexity index is 1550. The highest BCUT2D eigenvalue weighted by Crippen LogP contribution is 2.70. The van der Waals surface area contributed by atoms with Crippen LogP contribution in [0.2, 0.25) is 0 Å². The van der Waals surface area contributed by atoms with Crippen LogP contribution >= 0.6 is 0 Å². The van der Waals surface area contributed by atoms with Gasteiger partial charge in [0.05, 0.1) is 36.6 Å². The molecule has 0 radical (unpaired) electrons. The number of unbranched alkanes of at least 4 members (excludes halogenated alkanes) is 2. The second-order valence-electron chi connectivity index (χ2n) is 25.9. The predicted octanol–water partition coefficient (Wildman–Crippen LogP) is 7.97. The Labute approximate surface area is 399 Å². The van der Waals surface area contributed by atoms with E-state index in [2.05, 4.69) is 52.2 Å². The third-order valence-corrected chi connectivity index (χ3v) is 22.9. The van der Waals surface area contributed by atoms with Gasteiger partial charge < -0.3 is 41.3 Å². The Balaban J connectivity index is 0.671. The maximum absolute atomic E-state index is 13.0. The van der Waals surface area contributed by atoms with Gasteiger partial charge in [0.2, 0.25) is 5.91 Å². The van der Waals surface area contributed by atoms with E-state index in [-0.39, 0.29) is 63.8 Å². The second-order valence-corrected chi connectivity index (χ2v) is 25.9. The zero-order valence-electron chi connectivity index (χ0n) is 42.3. The van der Waals surface area contributed by atoms with Gasteiger partial charge in [-0.2, -0.15) is 0 Å². The maximum atomic E-state index is 13.0. The van der Waals surface area contributed by atoms with Crippen molar-refractivity contribution in [1.82, 2.24) is 10.6 Å². The van der Waals surface area contributed by atoms with Gasteiger partial charge in [-0.15, -0.1) is 0 Å². The van der Waals surface area contributed by atoms with Gasteiger partial charge in [0, 0.05) is 25.8 Å².